The number of carbonyl (C=O) groups is 2. The quantitative estimate of drug-likeness (QED) is 0.579. The fourth-order valence-corrected chi connectivity index (χ4v) is 2.49. The van der Waals surface area contributed by atoms with E-state index in [-0.39, 0.29) is 12.4 Å². The van der Waals surface area contributed by atoms with Gasteiger partial charge in [0.1, 0.15) is 23.9 Å². The first-order chi connectivity index (χ1) is 14.1. The van der Waals surface area contributed by atoms with Crippen LogP contribution in [0.25, 0.3) is 0 Å². The summed E-state index contributed by atoms with van der Waals surface area (Å²) in [5, 5.41) is 2.67. The van der Waals surface area contributed by atoms with Gasteiger partial charge in [-0.3, -0.25) is 4.79 Å². The van der Waals surface area contributed by atoms with Crippen LogP contribution in [0.2, 0.25) is 0 Å². The Kier molecular flexibility index (Phi) is 6.52. The summed E-state index contributed by atoms with van der Waals surface area (Å²) in [6.07, 6.45) is -1.03. The molecule has 0 radical (unpaired) electrons. The Morgan fingerprint density at radius 2 is 1.72 bits per heavy atom. The number of para-hydroxylation sites is 3. The summed E-state index contributed by atoms with van der Waals surface area (Å²) >= 11 is 0. The van der Waals surface area contributed by atoms with Crippen LogP contribution in [0, 0.1) is 0 Å². The highest BCUT2D eigenvalue weighted by molar-refractivity contribution is 5.97. The number of hydrogen-bond donors (Lipinski definition) is 1. The van der Waals surface area contributed by atoms with Crippen molar-refractivity contribution in [2.24, 2.45) is 0 Å². The molecule has 0 fully saturated rings. The van der Waals surface area contributed by atoms with Crippen LogP contribution in [0.5, 0.6) is 11.5 Å². The lowest BCUT2D eigenvalue weighted by atomic mass is 10.2. The maximum absolute atomic E-state index is 12.3. The number of ether oxygens (including phenoxy) is 3. The van der Waals surface area contributed by atoms with Crippen LogP contribution >= 0.6 is 0 Å². The predicted octanol–water partition coefficient (Wildman–Crippen LogP) is 4.05. The lowest BCUT2D eigenvalue weighted by molar-refractivity contribution is -0.123. The third-order valence-corrected chi connectivity index (χ3v) is 4.01. The number of nitrogens with one attached hydrogen (secondary N) is 1. The van der Waals surface area contributed by atoms with Crippen molar-refractivity contribution in [1.82, 2.24) is 0 Å². The highest BCUT2D eigenvalue weighted by Crippen LogP contribution is 2.23. The number of hydrogen-bond acceptors (Lipinski definition) is 6. The number of esters is 1. The van der Waals surface area contributed by atoms with Crippen molar-refractivity contribution in [2.45, 2.75) is 19.6 Å². The molecule has 1 atom stereocenters. The second-order valence-corrected chi connectivity index (χ2v) is 6.10. The van der Waals surface area contributed by atoms with Gasteiger partial charge in [0.05, 0.1) is 12.8 Å². The van der Waals surface area contributed by atoms with Crippen molar-refractivity contribution >= 4 is 17.6 Å². The first-order valence-corrected chi connectivity index (χ1v) is 8.98. The van der Waals surface area contributed by atoms with E-state index >= 15 is 0 Å². The molecule has 1 heterocycles. The summed E-state index contributed by atoms with van der Waals surface area (Å²) in [6.45, 7) is 1.64. The van der Waals surface area contributed by atoms with Crippen molar-refractivity contribution in [3.63, 3.8) is 0 Å². The minimum absolute atomic E-state index is 0.00592. The first kappa shape index (κ1) is 20.0. The van der Waals surface area contributed by atoms with E-state index in [1.165, 1.54) is 20.1 Å². The smallest absolute Gasteiger partial charge is 0.375 e. The highest BCUT2D eigenvalue weighted by Gasteiger charge is 2.22. The van der Waals surface area contributed by atoms with E-state index in [9.17, 15) is 9.59 Å². The standard InChI is InChI=1S/C22H21NO6/c1-15(21(24)23-18-10-6-7-11-19(18)26-2)28-22(25)20-13-12-17(29-20)14-27-16-8-4-3-5-9-16/h3-13,15H,14H2,1-2H3,(H,23,24)/t15-/m0/s1. The van der Waals surface area contributed by atoms with Crippen LogP contribution in [0.3, 0.4) is 0 Å². The Bertz CT molecular complexity index is 966. The van der Waals surface area contributed by atoms with Gasteiger partial charge < -0.3 is 23.9 Å². The van der Waals surface area contributed by atoms with E-state index in [1.807, 2.05) is 30.3 Å². The highest BCUT2D eigenvalue weighted by atomic mass is 16.6. The van der Waals surface area contributed by atoms with E-state index in [2.05, 4.69) is 5.32 Å². The number of methoxy groups -OCH3 is 1. The van der Waals surface area contributed by atoms with Crippen molar-refractivity contribution < 1.29 is 28.2 Å². The SMILES string of the molecule is COc1ccccc1NC(=O)[C@H](C)OC(=O)c1ccc(COc2ccccc2)o1. The zero-order valence-corrected chi connectivity index (χ0v) is 16.1. The van der Waals surface area contributed by atoms with Gasteiger partial charge in [0, 0.05) is 0 Å². The fourth-order valence-electron chi connectivity index (χ4n) is 2.49. The molecule has 3 rings (SSSR count). The van der Waals surface area contributed by atoms with Crippen LogP contribution in [0.15, 0.2) is 71.1 Å². The monoisotopic (exact) mass is 395 g/mol. The number of rotatable bonds is 8. The van der Waals surface area contributed by atoms with Crippen molar-refractivity contribution in [2.75, 3.05) is 12.4 Å². The Labute approximate surface area is 168 Å². The molecule has 2 aromatic carbocycles. The molecule has 7 nitrogen and oxygen atoms in total. The van der Waals surface area contributed by atoms with Crippen LogP contribution in [-0.2, 0) is 16.1 Å². The summed E-state index contributed by atoms with van der Waals surface area (Å²) in [5.41, 5.74) is 0.487. The molecule has 0 bridgehead atoms. The van der Waals surface area contributed by atoms with Gasteiger partial charge in [-0.2, -0.15) is 0 Å². The van der Waals surface area contributed by atoms with Crippen molar-refractivity contribution in [3.8, 4) is 11.5 Å². The summed E-state index contributed by atoms with van der Waals surface area (Å²) in [7, 11) is 1.50. The molecule has 150 valence electrons. The average molecular weight is 395 g/mol. The molecule has 1 amide bonds. The lowest BCUT2D eigenvalue weighted by Gasteiger charge is -2.14. The van der Waals surface area contributed by atoms with Crippen molar-refractivity contribution in [3.05, 3.63) is 78.3 Å². The molecule has 3 aromatic rings. The van der Waals surface area contributed by atoms with Gasteiger partial charge in [0.25, 0.3) is 5.91 Å². The minimum atomic E-state index is -1.03. The third-order valence-electron chi connectivity index (χ3n) is 4.01. The molecule has 0 unspecified atom stereocenters. The zero-order chi connectivity index (χ0) is 20.6. The molecule has 0 spiro atoms. The van der Waals surface area contributed by atoms with Gasteiger partial charge in [-0.1, -0.05) is 30.3 Å². The Balaban J connectivity index is 1.54. The van der Waals surface area contributed by atoms with Gasteiger partial charge in [0.2, 0.25) is 5.76 Å². The molecule has 0 aliphatic heterocycles. The molecule has 0 saturated carbocycles. The topological polar surface area (TPSA) is 87.0 Å². The molecular weight excluding hydrogens is 374 g/mol. The molecule has 0 saturated heterocycles. The number of carbonyl (C=O) groups excluding carboxylic acids is 2. The molecule has 0 aliphatic rings. The Morgan fingerprint density at radius 3 is 2.48 bits per heavy atom. The second kappa shape index (κ2) is 9.45. The average Bonchev–Trinajstić information content (AvgIpc) is 3.22. The number of furan rings is 1. The van der Waals surface area contributed by atoms with Crippen LogP contribution < -0.4 is 14.8 Å². The molecular formula is C22H21NO6. The second-order valence-electron chi connectivity index (χ2n) is 6.10. The maximum atomic E-state index is 12.3. The first-order valence-electron chi connectivity index (χ1n) is 8.98. The number of anilines is 1. The molecule has 0 aliphatic carbocycles. The third kappa shape index (κ3) is 5.38. The van der Waals surface area contributed by atoms with Crippen LogP contribution in [-0.4, -0.2) is 25.1 Å². The van der Waals surface area contributed by atoms with Gasteiger partial charge >= 0.3 is 5.97 Å². The molecule has 1 N–H and O–H groups in total. The Morgan fingerprint density at radius 1 is 1.00 bits per heavy atom. The maximum Gasteiger partial charge on any atom is 0.375 e. The Hall–Kier alpha value is -3.74. The minimum Gasteiger partial charge on any atom is -0.495 e. The summed E-state index contributed by atoms with van der Waals surface area (Å²) in [6, 6.07) is 19.3. The summed E-state index contributed by atoms with van der Waals surface area (Å²) in [4.78, 5) is 24.6. The number of benzene rings is 2. The van der Waals surface area contributed by atoms with E-state index in [1.54, 1.807) is 30.3 Å². The normalized spacial score (nSPS) is 11.4. The van der Waals surface area contributed by atoms with Gasteiger partial charge in [-0.05, 0) is 43.3 Å². The zero-order valence-electron chi connectivity index (χ0n) is 16.1. The van der Waals surface area contributed by atoms with Crippen LogP contribution in [0.1, 0.15) is 23.2 Å². The fraction of sp³-hybridized carbons (Fsp3) is 0.182. The van der Waals surface area contributed by atoms with E-state index in [0.29, 0.717) is 22.9 Å². The van der Waals surface area contributed by atoms with Crippen LogP contribution in [0.4, 0.5) is 5.69 Å². The van der Waals surface area contributed by atoms with E-state index < -0.39 is 18.0 Å². The van der Waals surface area contributed by atoms with E-state index in [4.69, 9.17) is 18.6 Å². The van der Waals surface area contributed by atoms with Gasteiger partial charge in [-0.25, -0.2) is 4.79 Å². The molecule has 7 heteroatoms. The summed E-state index contributed by atoms with van der Waals surface area (Å²) < 4.78 is 21.4. The number of amides is 1. The van der Waals surface area contributed by atoms with Gasteiger partial charge in [-0.15, -0.1) is 0 Å². The lowest BCUT2D eigenvalue weighted by Crippen LogP contribution is -2.30. The largest absolute Gasteiger partial charge is 0.495 e. The van der Waals surface area contributed by atoms with Crippen molar-refractivity contribution in [1.29, 1.82) is 0 Å². The predicted molar refractivity (Wildman–Crippen MR) is 106 cm³/mol. The van der Waals surface area contributed by atoms with E-state index in [0.717, 1.165) is 0 Å². The van der Waals surface area contributed by atoms with Gasteiger partial charge in [0.15, 0.2) is 6.10 Å². The molecule has 1 aromatic heterocycles. The molecule has 29 heavy (non-hydrogen) atoms. The summed E-state index contributed by atoms with van der Waals surface area (Å²) in [5.74, 6) is 0.435.